The first-order valence-corrected chi connectivity index (χ1v) is 7.99. The maximum Gasteiger partial charge on any atom is 0.490 e. The summed E-state index contributed by atoms with van der Waals surface area (Å²) < 4.78 is 31.7. The molecule has 3 N–H and O–H groups in total. The van der Waals surface area contributed by atoms with E-state index in [4.69, 9.17) is 15.6 Å². The van der Waals surface area contributed by atoms with Gasteiger partial charge in [-0.3, -0.25) is 4.79 Å². The molecule has 146 valence electrons. The largest absolute Gasteiger partial charge is 0.490 e. The lowest BCUT2D eigenvalue weighted by Crippen LogP contribution is -2.42. The number of alkyl halides is 3. The van der Waals surface area contributed by atoms with Crippen molar-refractivity contribution in [2.75, 3.05) is 7.05 Å². The van der Waals surface area contributed by atoms with Crippen molar-refractivity contribution in [3.8, 4) is 0 Å². The molecule has 2 aromatic rings. The van der Waals surface area contributed by atoms with Crippen LogP contribution in [0.25, 0.3) is 0 Å². The monoisotopic (exact) mass is 382 g/mol. The lowest BCUT2D eigenvalue weighted by molar-refractivity contribution is -0.192. The average molecular weight is 382 g/mol. The third-order valence-electron chi connectivity index (χ3n) is 3.50. The number of amides is 1. The lowest BCUT2D eigenvalue weighted by Gasteiger charge is -2.21. The molecular weight excluding hydrogens is 361 g/mol. The smallest absolute Gasteiger partial charge is 0.475 e. The van der Waals surface area contributed by atoms with Gasteiger partial charge in [0, 0.05) is 13.6 Å². The fourth-order valence-electron chi connectivity index (χ4n) is 2.17. The van der Waals surface area contributed by atoms with Gasteiger partial charge in [-0.2, -0.15) is 13.2 Å². The van der Waals surface area contributed by atoms with Gasteiger partial charge in [0.15, 0.2) is 0 Å². The number of likely N-dealkylation sites (N-methyl/N-ethyl adjacent to an activating group) is 1. The number of nitrogens with two attached hydrogens (primary N) is 1. The molecule has 8 heteroatoms. The van der Waals surface area contributed by atoms with Crippen LogP contribution in [0.15, 0.2) is 60.7 Å². The van der Waals surface area contributed by atoms with E-state index >= 15 is 0 Å². The fourth-order valence-corrected chi connectivity index (χ4v) is 2.17. The van der Waals surface area contributed by atoms with Gasteiger partial charge in [-0.15, -0.1) is 0 Å². The molecule has 0 aliphatic heterocycles. The molecular formula is C19H21F3N2O3. The summed E-state index contributed by atoms with van der Waals surface area (Å²) in [5.74, 6) is -2.79. The minimum atomic E-state index is -5.08. The topological polar surface area (TPSA) is 83.6 Å². The van der Waals surface area contributed by atoms with Gasteiger partial charge in [-0.05, 0) is 17.5 Å². The van der Waals surface area contributed by atoms with E-state index in [0.29, 0.717) is 13.0 Å². The number of aliphatic carboxylic acids is 1. The van der Waals surface area contributed by atoms with Crippen molar-refractivity contribution in [3.05, 3.63) is 71.8 Å². The fraction of sp³-hybridized carbons (Fsp3) is 0.263. The molecule has 2 rings (SSSR count). The first-order chi connectivity index (χ1) is 12.6. The zero-order valence-electron chi connectivity index (χ0n) is 14.7. The highest BCUT2D eigenvalue weighted by atomic mass is 19.4. The molecule has 0 aliphatic rings. The molecule has 1 atom stereocenters. The number of benzene rings is 2. The second-order valence-electron chi connectivity index (χ2n) is 5.78. The number of halogens is 3. The summed E-state index contributed by atoms with van der Waals surface area (Å²) in [4.78, 5) is 22.8. The standard InChI is InChI=1S/C17H20N2O.C2HF3O2/c1-19(13-15-10-6-3-7-11-15)17(20)16(18)12-14-8-4-2-5-9-14;3-2(4,5)1(6)7/h2-11,16H,12-13,18H2,1H3;(H,6,7). The Morgan fingerprint density at radius 2 is 1.41 bits per heavy atom. The molecule has 2 aromatic carbocycles. The van der Waals surface area contributed by atoms with Gasteiger partial charge in [0.1, 0.15) is 0 Å². The Morgan fingerprint density at radius 3 is 1.81 bits per heavy atom. The van der Waals surface area contributed by atoms with E-state index in [2.05, 4.69) is 0 Å². The normalized spacial score (nSPS) is 11.7. The highest BCUT2D eigenvalue weighted by molar-refractivity contribution is 5.81. The molecule has 0 spiro atoms. The van der Waals surface area contributed by atoms with E-state index in [0.717, 1.165) is 11.1 Å². The Bertz CT molecular complexity index is 672. The number of nitrogens with zero attached hydrogens (tertiary/aromatic N) is 1. The molecule has 0 aliphatic carbocycles. The summed E-state index contributed by atoms with van der Waals surface area (Å²) in [5.41, 5.74) is 8.20. The van der Waals surface area contributed by atoms with Crippen LogP contribution in [0.3, 0.4) is 0 Å². The molecule has 0 radical (unpaired) electrons. The lowest BCUT2D eigenvalue weighted by atomic mass is 10.1. The zero-order valence-corrected chi connectivity index (χ0v) is 14.7. The quantitative estimate of drug-likeness (QED) is 0.833. The van der Waals surface area contributed by atoms with Crippen LogP contribution in [0, 0.1) is 0 Å². The van der Waals surface area contributed by atoms with Crippen molar-refractivity contribution in [1.82, 2.24) is 4.90 Å². The summed E-state index contributed by atoms with van der Waals surface area (Å²) >= 11 is 0. The second kappa shape index (κ2) is 10.3. The van der Waals surface area contributed by atoms with Crippen molar-refractivity contribution in [2.45, 2.75) is 25.2 Å². The predicted molar refractivity (Wildman–Crippen MR) is 94.7 cm³/mol. The van der Waals surface area contributed by atoms with Crippen LogP contribution in [0.1, 0.15) is 11.1 Å². The van der Waals surface area contributed by atoms with Crippen molar-refractivity contribution in [2.24, 2.45) is 5.73 Å². The molecule has 5 nitrogen and oxygen atoms in total. The molecule has 1 unspecified atom stereocenters. The maximum atomic E-state index is 12.3. The van der Waals surface area contributed by atoms with Crippen LogP contribution in [0.2, 0.25) is 0 Å². The van der Waals surface area contributed by atoms with E-state index in [9.17, 15) is 18.0 Å². The number of carbonyl (C=O) groups excluding carboxylic acids is 1. The van der Waals surface area contributed by atoms with Gasteiger partial charge in [0.05, 0.1) is 6.04 Å². The number of carboxylic acids is 1. The van der Waals surface area contributed by atoms with Gasteiger partial charge >= 0.3 is 12.1 Å². The van der Waals surface area contributed by atoms with E-state index in [-0.39, 0.29) is 5.91 Å². The van der Waals surface area contributed by atoms with E-state index < -0.39 is 18.2 Å². The minimum absolute atomic E-state index is 0.0299. The molecule has 1 amide bonds. The molecule has 27 heavy (non-hydrogen) atoms. The van der Waals surface area contributed by atoms with Crippen LogP contribution >= 0.6 is 0 Å². The second-order valence-corrected chi connectivity index (χ2v) is 5.78. The highest BCUT2D eigenvalue weighted by Gasteiger charge is 2.38. The Kier molecular flexibility index (Phi) is 8.47. The SMILES string of the molecule is CN(Cc1ccccc1)C(=O)C(N)Cc1ccccc1.O=C(O)C(F)(F)F. The van der Waals surface area contributed by atoms with Crippen molar-refractivity contribution < 1.29 is 27.9 Å². The number of hydrogen-bond donors (Lipinski definition) is 2. The molecule has 0 bridgehead atoms. The van der Waals surface area contributed by atoms with Crippen LogP contribution in [0.5, 0.6) is 0 Å². The Labute approximate surface area is 155 Å². The number of rotatable bonds is 5. The number of hydrogen-bond acceptors (Lipinski definition) is 3. The van der Waals surface area contributed by atoms with Crippen molar-refractivity contribution >= 4 is 11.9 Å². The summed E-state index contributed by atoms with van der Waals surface area (Å²) in [6, 6.07) is 19.3. The minimum Gasteiger partial charge on any atom is -0.475 e. The summed E-state index contributed by atoms with van der Waals surface area (Å²) in [5, 5.41) is 7.12. The third-order valence-corrected chi connectivity index (χ3v) is 3.50. The zero-order chi connectivity index (χ0) is 20.4. The van der Waals surface area contributed by atoms with Gasteiger partial charge in [0.2, 0.25) is 5.91 Å². The molecule has 0 aromatic heterocycles. The van der Waals surface area contributed by atoms with Gasteiger partial charge in [-0.1, -0.05) is 60.7 Å². The Hall–Kier alpha value is -2.87. The van der Waals surface area contributed by atoms with Crippen LogP contribution < -0.4 is 5.73 Å². The van der Waals surface area contributed by atoms with E-state index in [1.54, 1.807) is 11.9 Å². The van der Waals surface area contributed by atoms with Crippen LogP contribution in [-0.2, 0) is 22.6 Å². The highest BCUT2D eigenvalue weighted by Crippen LogP contribution is 2.13. The van der Waals surface area contributed by atoms with Crippen LogP contribution in [0.4, 0.5) is 13.2 Å². The molecule has 0 fully saturated rings. The first kappa shape index (κ1) is 22.2. The third kappa shape index (κ3) is 8.37. The van der Waals surface area contributed by atoms with Crippen molar-refractivity contribution in [3.63, 3.8) is 0 Å². The number of carbonyl (C=O) groups is 2. The Balaban J connectivity index is 0.000000445. The molecule has 0 heterocycles. The van der Waals surface area contributed by atoms with E-state index in [1.807, 2.05) is 60.7 Å². The maximum absolute atomic E-state index is 12.3. The Morgan fingerprint density at radius 1 is 1.00 bits per heavy atom. The summed E-state index contributed by atoms with van der Waals surface area (Å²) in [6.45, 7) is 0.585. The number of carboxylic acid groups (broad SMARTS) is 1. The van der Waals surface area contributed by atoms with Gasteiger partial charge < -0.3 is 15.7 Å². The van der Waals surface area contributed by atoms with Gasteiger partial charge in [0.25, 0.3) is 0 Å². The van der Waals surface area contributed by atoms with Crippen LogP contribution in [-0.4, -0.2) is 41.1 Å². The summed E-state index contributed by atoms with van der Waals surface area (Å²) in [7, 11) is 1.79. The predicted octanol–water partition coefficient (Wildman–Crippen LogP) is 2.85. The van der Waals surface area contributed by atoms with E-state index in [1.165, 1.54) is 0 Å². The molecule has 0 saturated heterocycles. The average Bonchev–Trinajstić information content (AvgIpc) is 2.62. The molecule has 0 saturated carbocycles. The van der Waals surface area contributed by atoms with Crippen molar-refractivity contribution in [1.29, 1.82) is 0 Å². The first-order valence-electron chi connectivity index (χ1n) is 7.99. The van der Waals surface area contributed by atoms with Gasteiger partial charge in [-0.25, -0.2) is 4.79 Å². The summed E-state index contributed by atoms with van der Waals surface area (Å²) in [6.07, 6.45) is -4.52.